The standard InChI is InChI=1S/C31H32N2O8/c1-15(14-41-4)32-18-7-5-6-16(10-18)19-8-9-23(35)25-20(19)11-17-12-22-26(33(2)3)27(36)21(13-34)29(38)31(22,40)30(39)24(17)28(25)37/h5-10,13,17,22,26,32,34-35,37,40H,1,11-12,14H2,2-4H3/t17-,22-,26?,31+/m0/s1. The van der Waals surface area contributed by atoms with Gasteiger partial charge in [0.1, 0.15) is 17.1 Å². The van der Waals surface area contributed by atoms with Gasteiger partial charge in [0.25, 0.3) is 0 Å². The summed E-state index contributed by atoms with van der Waals surface area (Å²) in [6.45, 7) is 4.25. The SMILES string of the molecule is C=C(COC)Nc1cccc(-c2ccc(O)c3c2C[C@H]2C[C@H]4C(N(C)C)C(=O)C(=CO)C(=O)[C@@]4(O)C(=O)C2=C3O)c1. The largest absolute Gasteiger partial charge is 0.515 e. The second-order valence-corrected chi connectivity index (χ2v) is 11.0. The lowest BCUT2D eigenvalue weighted by Crippen LogP contribution is -2.69. The fourth-order valence-electron chi connectivity index (χ4n) is 6.59. The molecule has 5 rings (SSSR count). The van der Waals surface area contributed by atoms with Crippen LogP contribution in [0.2, 0.25) is 0 Å². The number of ether oxygens (including phenoxy) is 1. The summed E-state index contributed by atoms with van der Waals surface area (Å²) in [6, 6.07) is 9.56. The maximum Gasteiger partial charge on any atom is 0.209 e. The van der Waals surface area contributed by atoms with E-state index in [1.807, 2.05) is 24.3 Å². The molecule has 0 aromatic heterocycles. The Hall–Kier alpha value is -4.25. The van der Waals surface area contributed by atoms with Crippen molar-refractivity contribution in [3.63, 3.8) is 0 Å². The van der Waals surface area contributed by atoms with Crippen molar-refractivity contribution in [3.8, 4) is 16.9 Å². The lowest BCUT2D eigenvalue weighted by Gasteiger charge is -2.50. The zero-order valence-corrected chi connectivity index (χ0v) is 23.0. The first-order valence-corrected chi connectivity index (χ1v) is 13.1. The number of hydrogen-bond acceptors (Lipinski definition) is 10. The third-order valence-electron chi connectivity index (χ3n) is 8.31. The zero-order valence-electron chi connectivity index (χ0n) is 23.0. The maximum atomic E-state index is 13.9. The number of phenolic OH excluding ortho intramolecular Hbond substituents is 1. The predicted molar refractivity (Wildman–Crippen MR) is 151 cm³/mol. The molecule has 0 bridgehead atoms. The van der Waals surface area contributed by atoms with Gasteiger partial charge in [0.2, 0.25) is 11.6 Å². The second kappa shape index (κ2) is 10.3. The molecule has 3 aliphatic carbocycles. The molecule has 10 nitrogen and oxygen atoms in total. The summed E-state index contributed by atoms with van der Waals surface area (Å²) in [4.78, 5) is 41.8. The van der Waals surface area contributed by atoms with E-state index in [2.05, 4.69) is 11.9 Å². The zero-order chi connectivity index (χ0) is 29.8. The highest BCUT2D eigenvalue weighted by molar-refractivity contribution is 6.35. The summed E-state index contributed by atoms with van der Waals surface area (Å²) < 4.78 is 5.11. The van der Waals surface area contributed by atoms with Gasteiger partial charge < -0.3 is 30.5 Å². The van der Waals surface area contributed by atoms with Gasteiger partial charge in [0, 0.05) is 30.0 Å². The Labute approximate surface area is 236 Å². The van der Waals surface area contributed by atoms with Crippen molar-refractivity contribution in [3.05, 3.63) is 77.2 Å². The Morgan fingerprint density at radius 3 is 2.56 bits per heavy atom. The first-order chi connectivity index (χ1) is 19.4. The number of phenols is 1. The summed E-state index contributed by atoms with van der Waals surface area (Å²) in [7, 11) is 4.75. The predicted octanol–water partition coefficient (Wildman–Crippen LogP) is 2.92. The first kappa shape index (κ1) is 28.3. The summed E-state index contributed by atoms with van der Waals surface area (Å²) in [6.07, 6.45) is 0.564. The van der Waals surface area contributed by atoms with Crippen LogP contribution in [0, 0.1) is 11.8 Å². The number of aromatic hydroxyl groups is 1. The van der Waals surface area contributed by atoms with Crippen LogP contribution in [-0.4, -0.2) is 82.1 Å². The molecule has 0 radical (unpaired) electrons. The van der Waals surface area contributed by atoms with Gasteiger partial charge in [-0.25, -0.2) is 0 Å². The minimum atomic E-state index is -2.66. The van der Waals surface area contributed by atoms with Crippen molar-refractivity contribution >= 4 is 28.8 Å². The number of aliphatic hydroxyl groups excluding tert-OH is 2. The minimum absolute atomic E-state index is 0.0354. The number of methoxy groups -OCH3 is 1. The molecule has 2 saturated carbocycles. The summed E-state index contributed by atoms with van der Waals surface area (Å²) in [5.41, 5.74) is 0.0301. The molecule has 0 heterocycles. The van der Waals surface area contributed by atoms with Crippen molar-refractivity contribution in [1.82, 2.24) is 4.90 Å². The van der Waals surface area contributed by atoms with Crippen molar-refractivity contribution < 1.29 is 39.5 Å². The molecule has 10 heteroatoms. The molecule has 41 heavy (non-hydrogen) atoms. The van der Waals surface area contributed by atoms with Crippen molar-refractivity contribution in [1.29, 1.82) is 0 Å². The maximum absolute atomic E-state index is 13.9. The van der Waals surface area contributed by atoms with Gasteiger partial charge in [-0.3, -0.25) is 19.3 Å². The van der Waals surface area contributed by atoms with Crippen molar-refractivity contribution in [2.45, 2.75) is 24.5 Å². The van der Waals surface area contributed by atoms with E-state index in [0.717, 1.165) is 11.3 Å². The van der Waals surface area contributed by atoms with Crippen LogP contribution < -0.4 is 5.32 Å². The Bertz CT molecular complexity index is 1560. The molecule has 0 saturated heterocycles. The fraction of sp³-hybridized carbons (Fsp3) is 0.323. The summed E-state index contributed by atoms with van der Waals surface area (Å²) in [5.74, 6) is -5.45. The van der Waals surface area contributed by atoms with Gasteiger partial charge in [0.05, 0.1) is 24.5 Å². The molecule has 5 N–H and O–H groups in total. The third kappa shape index (κ3) is 4.26. The highest BCUT2D eigenvalue weighted by atomic mass is 16.5. The van der Waals surface area contributed by atoms with Crippen LogP contribution in [0.25, 0.3) is 16.9 Å². The average molecular weight is 561 g/mol. The number of rotatable bonds is 6. The molecule has 2 aromatic rings. The van der Waals surface area contributed by atoms with E-state index >= 15 is 0 Å². The van der Waals surface area contributed by atoms with Crippen molar-refractivity contribution in [2.24, 2.45) is 11.8 Å². The number of nitrogens with one attached hydrogen (secondary N) is 1. The van der Waals surface area contributed by atoms with Crippen LogP contribution in [-0.2, 0) is 25.5 Å². The van der Waals surface area contributed by atoms with Crippen LogP contribution in [0.4, 0.5) is 5.69 Å². The number of ketones is 3. The van der Waals surface area contributed by atoms with E-state index in [9.17, 15) is 34.8 Å². The lowest BCUT2D eigenvalue weighted by atomic mass is 9.56. The van der Waals surface area contributed by atoms with E-state index in [1.54, 1.807) is 27.3 Å². The van der Waals surface area contributed by atoms with Crippen LogP contribution in [0.1, 0.15) is 17.5 Å². The number of Topliss-reactive ketones (excluding diaryl/α,β-unsaturated/α-hetero) is 3. The lowest BCUT2D eigenvalue weighted by molar-refractivity contribution is -0.165. The quantitative estimate of drug-likeness (QED) is 0.154. The highest BCUT2D eigenvalue weighted by Gasteiger charge is 2.65. The number of anilines is 1. The number of hydrogen-bond donors (Lipinski definition) is 5. The molecular formula is C31H32N2O8. The summed E-state index contributed by atoms with van der Waals surface area (Å²) in [5, 5.41) is 46.8. The van der Waals surface area contributed by atoms with E-state index in [1.165, 1.54) is 11.0 Å². The van der Waals surface area contributed by atoms with Gasteiger partial charge in [0.15, 0.2) is 11.4 Å². The van der Waals surface area contributed by atoms with Gasteiger partial charge in [-0.1, -0.05) is 24.8 Å². The molecule has 3 aliphatic rings. The molecule has 0 amide bonds. The molecule has 0 spiro atoms. The minimum Gasteiger partial charge on any atom is -0.515 e. The molecule has 1 unspecified atom stereocenters. The number of aliphatic hydroxyl groups is 3. The smallest absolute Gasteiger partial charge is 0.209 e. The van der Waals surface area contributed by atoms with E-state index in [0.29, 0.717) is 29.7 Å². The van der Waals surface area contributed by atoms with Crippen molar-refractivity contribution in [2.75, 3.05) is 33.1 Å². The van der Waals surface area contributed by atoms with E-state index in [-0.39, 0.29) is 29.7 Å². The van der Waals surface area contributed by atoms with Gasteiger partial charge in [-0.05, 0) is 67.7 Å². The molecule has 214 valence electrons. The third-order valence-corrected chi connectivity index (χ3v) is 8.31. The Morgan fingerprint density at radius 1 is 1.17 bits per heavy atom. The monoisotopic (exact) mass is 560 g/mol. The van der Waals surface area contributed by atoms with Crippen LogP contribution in [0.15, 0.2) is 66.1 Å². The van der Waals surface area contributed by atoms with Gasteiger partial charge in [-0.15, -0.1) is 0 Å². The van der Waals surface area contributed by atoms with E-state index in [4.69, 9.17) is 4.74 Å². The van der Waals surface area contributed by atoms with Crippen LogP contribution >= 0.6 is 0 Å². The Morgan fingerprint density at radius 2 is 1.90 bits per heavy atom. The Kier molecular flexibility index (Phi) is 7.10. The van der Waals surface area contributed by atoms with Gasteiger partial charge in [-0.2, -0.15) is 0 Å². The molecule has 2 fully saturated rings. The fourth-order valence-corrected chi connectivity index (χ4v) is 6.59. The molecular weight excluding hydrogens is 528 g/mol. The summed E-state index contributed by atoms with van der Waals surface area (Å²) >= 11 is 0. The number of fused-ring (bicyclic) bond motifs is 3. The average Bonchev–Trinajstić information content (AvgIpc) is 2.91. The molecule has 4 atom stereocenters. The first-order valence-electron chi connectivity index (χ1n) is 13.1. The highest BCUT2D eigenvalue weighted by Crippen LogP contribution is 2.52. The number of benzene rings is 2. The van der Waals surface area contributed by atoms with Crippen LogP contribution in [0.5, 0.6) is 5.75 Å². The Balaban J connectivity index is 1.64. The number of carbonyl (C=O) groups is 3. The number of nitrogens with zero attached hydrogens (tertiary/aromatic N) is 1. The number of carbonyl (C=O) groups excluding carboxylic acids is 3. The van der Waals surface area contributed by atoms with Gasteiger partial charge >= 0.3 is 0 Å². The van der Waals surface area contributed by atoms with E-state index < -0.39 is 52.2 Å². The normalized spacial score (nSPS) is 26.6. The molecule has 2 aromatic carbocycles. The second-order valence-electron chi connectivity index (χ2n) is 11.0. The molecule has 0 aliphatic heterocycles. The topological polar surface area (TPSA) is 157 Å². The number of likely N-dealkylation sites (N-methyl/N-ethyl adjacent to an activating group) is 1. The van der Waals surface area contributed by atoms with Crippen LogP contribution in [0.3, 0.4) is 0 Å².